The lowest BCUT2D eigenvalue weighted by atomic mass is 10.1. The van der Waals surface area contributed by atoms with Gasteiger partial charge in [-0.2, -0.15) is 0 Å². The first-order valence-corrected chi connectivity index (χ1v) is 3.96. The van der Waals surface area contributed by atoms with Crippen molar-refractivity contribution in [1.82, 2.24) is 4.98 Å². The molecule has 0 spiro atoms. The van der Waals surface area contributed by atoms with Crippen LogP contribution in [0.1, 0.15) is 11.7 Å². The Morgan fingerprint density at radius 2 is 2.23 bits per heavy atom. The Bertz CT molecular complexity index is 312. The third-order valence-electron chi connectivity index (χ3n) is 1.96. The van der Waals surface area contributed by atoms with Crippen molar-refractivity contribution in [1.29, 1.82) is 0 Å². The van der Waals surface area contributed by atoms with Crippen LogP contribution in [0, 0.1) is 0 Å². The van der Waals surface area contributed by atoms with E-state index in [1.807, 2.05) is 12.1 Å². The van der Waals surface area contributed by atoms with Crippen LogP contribution in [-0.4, -0.2) is 24.2 Å². The zero-order valence-electron chi connectivity index (χ0n) is 7.14. The number of esters is 1. The normalized spacial score (nSPS) is 25.3. The molecular formula is C9H9NO3. The minimum Gasteiger partial charge on any atom is -0.467 e. The first kappa shape index (κ1) is 8.19. The Morgan fingerprint density at radius 1 is 1.54 bits per heavy atom. The van der Waals surface area contributed by atoms with E-state index < -0.39 is 6.10 Å². The van der Waals surface area contributed by atoms with Crippen LogP contribution in [0.2, 0.25) is 0 Å². The second kappa shape index (κ2) is 3.14. The van der Waals surface area contributed by atoms with Crippen molar-refractivity contribution in [3.05, 3.63) is 30.1 Å². The van der Waals surface area contributed by atoms with Gasteiger partial charge >= 0.3 is 5.97 Å². The topological polar surface area (TPSA) is 51.7 Å². The van der Waals surface area contributed by atoms with Gasteiger partial charge in [-0.3, -0.25) is 4.98 Å². The summed E-state index contributed by atoms with van der Waals surface area (Å²) in [5.74, 6) is -0.318. The number of rotatable bonds is 2. The quantitative estimate of drug-likeness (QED) is 0.495. The van der Waals surface area contributed by atoms with Crippen LogP contribution < -0.4 is 0 Å². The lowest BCUT2D eigenvalue weighted by molar-refractivity contribution is -0.142. The molecule has 0 N–H and O–H groups in total. The highest BCUT2D eigenvalue weighted by molar-refractivity contribution is 5.78. The van der Waals surface area contributed by atoms with Gasteiger partial charge in [0.25, 0.3) is 0 Å². The number of ether oxygens (including phenoxy) is 2. The minimum atomic E-state index is -0.424. The molecule has 68 valence electrons. The van der Waals surface area contributed by atoms with E-state index in [4.69, 9.17) is 4.74 Å². The number of epoxide rings is 1. The van der Waals surface area contributed by atoms with Crippen molar-refractivity contribution in [2.75, 3.05) is 7.11 Å². The number of pyridine rings is 1. The largest absolute Gasteiger partial charge is 0.467 e. The van der Waals surface area contributed by atoms with Gasteiger partial charge in [0.05, 0.1) is 7.11 Å². The fourth-order valence-corrected chi connectivity index (χ4v) is 1.21. The summed E-state index contributed by atoms with van der Waals surface area (Å²) in [6, 6.07) is 3.65. The van der Waals surface area contributed by atoms with E-state index in [9.17, 15) is 4.79 Å². The molecule has 0 bridgehead atoms. The molecule has 2 atom stereocenters. The van der Waals surface area contributed by atoms with Crippen LogP contribution in [-0.2, 0) is 14.3 Å². The molecule has 0 unspecified atom stereocenters. The fraction of sp³-hybridized carbons (Fsp3) is 0.333. The molecule has 4 heteroatoms. The third kappa shape index (κ3) is 1.53. The zero-order valence-corrected chi connectivity index (χ0v) is 7.14. The summed E-state index contributed by atoms with van der Waals surface area (Å²) in [6.45, 7) is 0. The summed E-state index contributed by atoms with van der Waals surface area (Å²) in [5, 5.41) is 0. The number of aromatic nitrogens is 1. The monoisotopic (exact) mass is 179 g/mol. The van der Waals surface area contributed by atoms with Crippen LogP contribution in [0.25, 0.3) is 0 Å². The summed E-state index contributed by atoms with van der Waals surface area (Å²) < 4.78 is 9.70. The molecule has 0 aliphatic carbocycles. The van der Waals surface area contributed by atoms with E-state index in [0.717, 1.165) is 5.56 Å². The van der Waals surface area contributed by atoms with Crippen LogP contribution in [0.3, 0.4) is 0 Å². The van der Waals surface area contributed by atoms with E-state index in [2.05, 4.69) is 9.72 Å². The molecule has 1 aliphatic rings. The molecule has 1 aromatic rings. The molecule has 13 heavy (non-hydrogen) atoms. The first-order chi connectivity index (χ1) is 6.33. The van der Waals surface area contributed by atoms with E-state index in [0.29, 0.717) is 0 Å². The Morgan fingerprint density at radius 3 is 2.85 bits per heavy atom. The molecule has 1 fully saturated rings. The molecule has 2 rings (SSSR count). The number of carbonyl (C=O) groups excluding carboxylic acids is 1. The lowest BCUT2D eigenvalue weighted by Crippen LogP contribution is -2.09. The van der Waals surface area contributed by atoms with Crippen molar-refractivity contribution >= 4 is 5.97 Å². The summed E-state index contributed by atoms with van der Waals surface area (Å²) in [5.41, 5.74) is 0.963. The molecule has 1 aliphatic heterocycles. The van der Waals surface area contributed by atoms with Crippen molar-refractivity contribution in [3.8, 4) is 0 Å². The van der Waals surface area contributed by atoms with E-state index >= 15 is 0 Å². The van der Waals surface area contributed by atoms with E-state index in [1.54, 1.807) is 12.4 Å². The number of nitrogens with zero attached hydrogens (tertiary/aromatic N) is 1. The van der Waals surface area contributed by atoms with Crippen LogP contribution in [0.15, 0.2) is 24.5 Å². The Hall–Kier alpha value is -1.42. The van der Waals surface area contributed by atoms with Gasteiger partial charge in [-0.25, -0.2) is 4.79 Å². The molecule has 0 aromatic carbocycles. The van der Waals surface area contributed by atoms with Crippen molar-refractivity contribution in [3.63, 3.8) is 0 Å². The Kier molecular flexibility index (Phi) is 1.98. The van der Waals surface area contributed by atoms with Crippen molar-refractivity contribution in [2.24, 2.45) is 0 Å². The van der Waals surface area contributed by atoms with Crippen molar-refractivity contribution < 1.29 is 14.3 Å². The van der Waals surface area contributed by atoms with Crippen LogP contribution >= 0.6 is 0 Å². The van der Waals surface area contributed by atoms with E-state index in [-0.39, 0.29) is 12.1 Å². The molecule has 1 aromatic heterocycles. The summed E-state index contributed by atoms with van der Waals surface area (Å²) >= 11 is 0. The third-order valence-corrected chi connectivity index (χ3v) is 1.96. The van der Waals surface area contributed by atoms with Gasteiger partial charge in [0, 0.05) is 12.4 Å². The highest BCUT2D eigenvalue weighted by atomic mass is 16.6. The minimum absolute atomic E-state index is 0.143. The van der Waals surface area contributed by atoms with Gasteiger partial charge in [0.1, 0.15) is 6.10 Å². The first-order valence-electron chi connectivity index (χ1n) is 3.96. The highest BCUT2D eigenvalue weighted by Crippen LogP contribution is 2.38. The maximum atomic E-state index is 11.0. The summed E-state index contributed by atoms with van der Waals surface area (Å²) in [7, 11) is 1.35. The average molecular weight is 179 g/mol. The number of carbonyl (C=O) groups is 1. The second-order valence-corrected chi connectivity index (χ2v) is 2.78. The summed E-state index contributed by atoms with van der Waals surface area (Å²) in [4.78, 5) is 14.9. The van der Waals surface area contributed by atoms with Gasteiger partial charge in [0.2, 0.25) is 0 Å². The molecule has 0 amide bonds. The molecular weight excluding hydrogens is 170 g/mol. The Balaban J connectivity index is 2.04. The van der Waals surface area contributed by atoms with Gasteiger partial charge in [-0.1, -0.05) is 0 Å². The smallest absolute Gasteiger partial charge is 0.338 e. The van der Waals surface area contributed by atoms with Crippen LogP contribution in [0.5, 0.6) is 0 Å². The lowest BCUT2D eigenvalue weighted by Gasteiger charge is -1.93. The van der Waals surface area contributed by atoms with Crippen LogP contribution in [0.4, 0.5) is 0 Å². The molecule has 0 saturated carbocycles. The molecule has 4 nitrogen and oxygen atoms in total. The number of methoxy groups -OCH3 is 1. The number of hydrogen-bond donors (Lipinski definition) is 0. The predicted octanol–water partition coefficient (Wildman–Crippen LogP) is 0.694. The Labute approximate surface area is 75.5 Å². The van der Waals surface area contributed by atoms with Crippen molar-refractivity contribution in [2.45, 2.75) is 12.2 Å². The molecule has 1 saturated heterocycles. The molecule has 0 radical (unpaired) electrons. The summed E-state index contributed by atoms with van der Waals surface area (Å²) in [6.07, 6.45) is 2.78. The average Bonchev–Trinajstić information content (AvgIpc) is 2.98. The fourth-order valence-electron chi connectivity index (χ4n) is 1.21. The second-order valence-electron chi connectivity index (χ2n) is 2.78. The van der Waals surface area contributed by atoms with Gasteiger partial charge < -0.3 is 9.47 Å². The van der Waals surface area contributed by atoms with Gasteiger partial charge in [-0.05, 0) is 17.7 Å². The highest BCUT2D eigenvalue weighted by Gasteiger charge is 2.47. The van der Waals surface area contributed by atoms with E-state index in [1.165, 1.54) is 7.11 Å². The molecule has 2 heterocycles. The predicted molar refractivity (Wildman–Crippen MR) is 43.9 cm³/mol. The zero-order chi connectivity index (χ0) is 9.26. The number of hydrogen-bond acceptors (Lipinski definition) is 4. The maximum absolute atomic E-state index is 11.0. The van der Waals surface area contributed by atoms with Gasteiger partial charge in [-0.15, -0.1) is 0 Å². The van der Waals surface area contributed by atoms with Gasteiger partial charge in [0.15, 0.2) is 6.10 Å². The SMILES string of the molecule is COC(=O)[C@H]1O[C@@H]1c1ccncc1. The standard InChI is InChI=1S/C9H9NO3/c1-12-9(11)8-7(13-8)6-2-4-10-5-3-6/h2-5,7-8H,1H3/t7-,8+/m1/s1. The maximum Gasteiger partial charge on any atom is 0.338 e.